The van der Waals surface area contributed by atoms with E-state index >= 15 is 0 Å². The highest BCUT2D eigenvalue weighted by molar-refractivity contribution is 5.95. The number of alkyl carbamates (subject to hydrolysis) is 1. The number of pyridine rings is 1. The zero-order valence-corrected chi connectivity index (χ0v) is 25.0. The number of benzene rings is 2. The molecule has 1 heterocycles. The lowest BCUT2D eigenvalue weighted by Gasteiger charge is -2.25. The Morgan fingerprint density at radius 1 is 0.977 bits per heavy atom. The van der Waals surface area contributed by atoms with Gasteiger partial charge in [-0.05, 0) is 95.1 Å². The Labute approximate surface area is 250 Å². The van der Waals surface area contributed by atoms with E-state index in [1.165, 1.54) is 26.2 Å². The molecule has 0 saturated heterocycles. The third-order valence-electron chi connectivity index (χ3n) is 6.39. The maximum atomic E-state index is 13.7. The van der Waals surface area contributed by atoms with Crippen molar-refractivity contribution in [1.29, 1.82) is 0 Å². The number of hydrogen-bond donors (Lipinski definition) is 3. The summed E-state index contributed by atoms with van der Waals surface area (Å²) in [6.07, 6.45) is 1.61. The van der Waals surface area contributed by atoms with Gasteiger partial charge in [0, 0.05) is 11.1 Å². The number of nitrogens with one attached hydrogen (secondary N) is 2. The fourth-order valence-electron chi connectivity index (χ4n) is 4.02. The summed E-state index contributed by atoms with van der Waals surface area (Å²) in [6, 6.07) is 13.8. The molecule has 3 aromatic rings. The number of aliphatic hydroxyl groups is 1. The van der Waals surface area contributed by atoms with Gasteiger partial charge in [-0.15, -0.1) is 0 Å². The molecule has 1 atom stereocenters. The van der Waals surface area contributed by atoms with Crippen LogP contribution in [0, 0.1) is 5.82 Å². The molecular formula is C32H38FN3O7. The average Bonchev–Trinajstić information content (AvgIpc) is 3.78. The first kappa shape index (κ1) is 31.6. The van der Waals surface area contributed by atoms with Crippen LogP contribution in [-0.2, 0) is 10.3 Å². The summed E-state index contributed by atoms with van der Waals surface area (Å²) >= 11 is 0. The molecule has 4 rings (SSSR count). The van der Waals surface area contributed by atoms with E-state index in [1.54, 1.807) is 63.2 Å². The molecule has 230 valence electrons. The van der Waals surface area contributed by atoms with Crippen LogP contribution in [-0.4, -0.2) is 60.6 Å². The van der Waals surface area contributed by atoms with Crippen LogP contribution >= 0.6 is 0 Å². The summed E-state index contributed by atoms with van der Waals surface area (Å²) in [5.41, 5.74) is -0.674. The maximum Gasteiger partial charge on any atom is 0.407 e. The zero-order valence-electron chi connectivity index (χ0n) is 25.0. The topological polar surface area (TPSA) is 128 Å². The van der Waals surface area contributed by atoms with E-state index in [-0.39, 0.29) is 31.5 Å². The zero-order chi connectivity index (χ0) is 31.2. The van der Waals surface area contributed by atoms with Gasteiger partial charge in [-0.1, -0.05) is 0 Å². The molecule has 1 unspecified atom stereocenters. The number of ether oxygens (including phenoxy) is 4. The standard InChI is InChI=1S/C32H38FN3O7/c1-31(2,3)43-30(38)34-16-17-41-25-14-15-27(36-28(25)20-6-9-22(33)10-7-20)32(4,39)19-35-29(37)21-8-13-24(26(18-21)40-5)42-23-11-12-23/h6-10,13-15,18,23,39H,11-12,16-17,19H2,1-5H3,(H,34,38)(H,35,37). The highest BCUT2D eigenvalue weighted by Crippen LogP contribution is 2.34. The van der Waals surface area contributed by atoms with Gasteiger partial charge in [-0.2, -0.15) is 0 Å². The van der Waals surface area contributed by atoms with Gasteiger partial charge in [-0.3, -0.25) is 4.79 Å². The molecule has 0 radical (unpaired) electrons. The first-order valence-corrected chi connectivity index (χ1v) is 14.1. The SMILES string of the molecule is COc1cc(C(=O)NCC(C)(O)c2ccc(OCCNC(=O)OC(C)(C)C)c(-c3ccc(F)cc3)n2)ccc1OC1CC1. The summed E-state index contributed by atoms with van der Waals surface area (Å²) in [4.78, 5) is 29.5. The molecule has 1 aromatic heterocycles. The van der Waals surface area contributed by atoms with E-state index in [1.807, 2.05) is 0 Å². The van der Waals surface area contributed by atoms with Crippen molar-refractivity contribution >= 4 is 12.0 Å². The Hall–Kier alpha value is -4.38. The molecule has 1 fully saturated rings. The lowest BCUT2D eigenvalue weighted by atomic mass is 9.99. The number of carbonyl (C=O) groups is 2. The number of rotatable bonds is 12. The van der Waals surface area contributed by atoms with Crippen molar-refractivity contribution in [2.45, 2.75) is 57.8 Å². The predicted molar refractivity (Wildman–Crippen MR) is 158 cm³/mol. The van der Waals surface area contributed by atoms with Crippen LogP contribution in [0.25, 0.3) is 11.3 Å². The Morgan fingerprint density at radius 3 is 2.33 bits per heavy atom. The summed E-state index contributed by atoms with van der Waals surface area (Å²) in [6.45, 7) is 6.96. The van der Waals surface area contributed by atoms with Gasteiger partial charge in [-0.25, -0.2) is 14.2 Å². The maximum absolute atomic E-state index is 13.7. The second-order valence-corrected chi connectivity index (χ2v) is 11.5. The fourth-order valence-corrected chi connectivity index (χ4v) is 4.02. The molecule has 2 aromatic carbocycles. The van der Waals surface area contributed by atoms with Gasteiger partial charge in [0.15, 0.2) is 11.5 Å². The van der Waals surface area contributed by atoms with Gasteiger partial charge in [0.25, 0.3) is 5.91 Å². The highest BCUT2D eigenvalue weighted by Gasteiger charge is 2.28. The molecular weight excluding hydrogens is 557 g/mol. The highest BCUT2D eigenvalue weighted by atomic mass is 19.1. The predicted octanol–water partition coefficient (Wildman–Crippen LogP) is 4.98. The van der Waals surface area contributed by atoms with Crippen LogP contribution in [0.2, 0.25) is 0 Å². The molecule has 1 saturated carbocycles. The lowest BCUT2D eigenvalue weighted by Crippen LogP contribution is -2.39. The number of nitrogens with zero attached hydrogens (tertiary/aromatic N) is 1. The van der Waals surface area contributed by atoms with Crippen molar-refractivity contribution < 1.29 is 38.0 Å². The van der Waals surface area contributed by atoms with Gasteiger partial charge < -0.3 is 34.7 Å². The van der Waals surface area contributed by atoms with E-state index in [0.717, 1.165) is 12.8 Å². The summed E-state index contributed by atoms with van der Waals surface area (Å²) in [5.74, 6) is 0.569. The van der Waals surface area contributed by atoms with Gasteiger partial charge in [0.2, 0.25) is 0 Å². The molecule has 0 bridgehead atoms. The van der Waals surface area contributed by atoms with E-state index in [2.05, 4.69) is 15.6 Å². The lowest BCUT2D eigenvalue weighted by molar-refractivity contribution is 0.0488. The van der Waals surface area contributed by atoms with Crippen LogP contribution in [0.15, 0.2) is 54.6 Å². The number of amides is 2. The van der Waals surface area contributed by atoms with Crippen molar-refractivity contribution in [3.8, 4) is 28.5 Å². The molecule has 1 aliphatic rings. The van der Waals surface area contributed by atoms with Crippen molar-refractivity contribution in [2.24, 2.45) is 0 Å². The van der Waals surface area contributed by atoms with Crippen molar-refractivity contribution in [3.63, 3.8) is 0 Å². The van der Waals surface area contributed by atoms with Crippen LogP contribution in [0.3, 0.4) is 0 Å². The average molecular weight is 596 g/mol. The summed E-state index contributed by atoms with van der Waals surface area (Å²) in [7, 11) is 1.51. The molecule has 43 heavy (non-hydrogen) atoms. The van der Waals surface area contributed by atoms with Gasteiger partial charge in [0.05, 0.1) is 32.0 Å². The van der Waals surface area contributed by atoms with E-state index in [9.17, 15) is 19.1 Å². The second-order valence-electron chi connectivity index (χ2n) is 11.5. The van der Waals surface area contributed by atoms with E-state index in [4.69, 9.17) is 18.9 Å². The molecule has 0 aliphatic heterocycles. The normalized spacial score (nSPS) is 14.3. The third-order valence-corrected chi connectivity index (χ3v) is 6.39. The fraction of sp³-hybridized carbons (Fsp3) is 0.406. The van der Waals surface area contributed by atoms with Crippen molar-refractivity contribution in [2.75, 3.05) is 26.8 Å². The number of aromatic nitrogens is 1. The molecule has 3 N–H and O–H groups in total. The Kier molecular flexibility index (Phi) is 9.75. The molecule has 10 nitrogen and oxygen atoms in total. The second kappa shape index (κ2) is 13.3. The molecule has 1 aliphatic carbocycles. The minimum atomic E-state index is -1.57. The van der Waals surface area contributed by atoms with Crippen LogP contribution in [0.5, 0.6) is 17.2 Å². The number of carbonyl (C=O) groups excluding carboxylic acids is 2. The number of halogens is 1. The quantitative estimate of drug-likeness (QED) is 0.250. The molecule has 2 amide bonds. The van der Waals surface area contributed by atoms with Crippen molar-refractivity contribution in [3.05, 3.63) is 71.7 Å². The minimum Gasteiger partial charge on any atom is -0.493 e. The van der Waals surface area contributed by atoms with Gasteiger partial charge in [0.1, 0.15) is 35.1 Å². The largest absolute Gasteiger partial charge is 0.493 e. The van der Waals surface area contributed by atoms with E-state index < -0.39 is 29.0 Å². The summed E-state index contributed by atoms with van der Waals surface area (Å²) < 4.78 is 36.0. The first-order valence-electron chi connectivity index (χ1n) is 14.1. The molecule has 11 heteroatoms. The number of hydrogen-bond acceptors (Lipinski definition) is 8. The minimum absolute atomic E-state index is 0.106. The van der Waals surface area contributed by atoms with E-state index in [0.29, 0.717) is 34.1 Å². The Morgan fingerprint density at radius 2 is 1.67 bits per heavy atom. The van der Waals surface area contributed by atoms with Crippen molar-refractivity contribution in [1.82, 2.24) is 15.6 Å². The van der Waals surface area contributed by atoms with Crippen LogP contribution in [0.1, 0.15) is 56.6 Å². The monoisotopic (exact) mass is 595 g/mol. The molecule has 0 spiro atoms. The summed E-state index contributed by atoms with van der Waals surface area (Å²) in [5, 5.41) is 16.7. The van der Waals surface area contributed by atoms with Crippen LogP contribution in [0.4, 0.5) is 9.18 Å². The Bertz CT molecular complexity index is 1430. The first-order chi connectivity index (χ1) is 20.3. The number of methoxy groups -OCH3 is 1. The smallest absolute Gasteiger partial charge is 0.407 e. The Balaban J connectivity index is 1.45. The van der Waals surface area contributed by atoms with Crippen LogP contribution < -0.4 is 24.8 Å². The van der Waals surface area contributed by atoms with Gasteiger partial charge >= 0.3 is 6.09 Å². The third kappa shape index (κ3) is 9.05.